The van der Waals surface area contributed by atoms with E-state index in [2.05, 4.69) is 10.4 Å². The van der Waals surface area contributed by atoms with Crippen LogP contribution in [0.25, 0.3) is 5.69 Å². The first-order chi connectivity index (χ1) is 12.1. The highest BCUT2D eigenvalue weighted by Gasteiger charge is 2.46. The summed E-state index contributed by atoms with van der Waals surface area (Å²) in [7, 11) is -3.68. The van der Waals surface area contributed by atoms with Crippen LogP contribution in [-0.4, -0.2) is 29.2 Å². The lowest BCUT2D eigenvalue weighted by Crippen LogP contribution is -2.22. The average molecular weight is 489 g/mol. The van der Waals surface area contributed by atoms with Gasteiger partial charge in [-0.25, -0.2) is 13.1 Å². The van der Waals surface area contributed by atoms with Crippen LogP contribution in [0.4, 0.5) is 23.4 Å². The monoisotopic (exact) mass is 487 g/mol. The number of aromatic nitrogens is 2. The summed E-state index contributed by atoms with van der Waals surface area (Å²) in [6, 6.07) is 1.19. The number of sulfone groups is 1. The lowest BCUT2D eigenvalue weighted by atomic mass is 10.2. The molecule has 5 nitrogen and oxygen atoms in total. The summed E-state index contributed by atoms with van der Waals surface area (Å²) < 4.78 is 74.2. The fraction of sp³-hybridized carbons (Fsp3) is 0.308. The molecule has 150 valence electrons. The summed E-state index contributed by atoms with van der Waals surface area (Å²) in [5, 5.41) is 5.40. The van der Waals surface area contributed by atoms with Gasteiger partial charge in [-0.1, -0.05) is 23.2 Å². The van der Waals surface area contributed by atoms with E-state index in [4.69, 9.17) is 46.4 Å². The van der Waals surface area contributed by atoms with Crippen molar-refractivity contribution in [2.75, 3.05) is 12.4 Å². The molecule has 0 bridgehead atoms. The van der Waals surface area contributed by atoms with Gasteiger partial charge in [0.15, 0.2) is 0 Å². The molecule has 1 aromatic heterocycles. The molecule has 0 saturated carbocycles. The third kappa shape index (κ3) is 3.95. The summed E-state index contributed by atoms with van der Waals surface area (Å²) in [5.41, 5.74) is -1.61. The molecule has 0 radical (unpaired) electrons. The van der Waals surface area contributed by atoms with E-state index < -0.39 is 40.4 Å². The number of aryl methyl sites for hydroxylation is 1. The highest BCUT2D eigenvalue weighted by atomic mass is 35.5. The Balaban J connectivity index is 2.82. The first-order valence-electron chi connectivity index (χ1n) is 6.78. The van der Waals surface area contributed by atoms with Crippen LogP contribution in [0.15, 0.2) is 17.0 Å². The second kappa shape index (κ2) is 7.14. The molecule has 0 aliphatic carbocycles. The van der Waals surface area contributed by atoms with Crippen molar-refractivity contribution in [3.8, 4) is 5.69 Å². The van der Waals surface area contributed by atoms with Crippen LogP contribution < -0.4 is 5.32 Å². The molecule has 0 spiro atoms. The first-order valence-corrected chi connectivity index (χ1v) is 9.77. The van der Waals surface area contributed by atoms with E-state index in [1.54, 1.807) is 0 Å². The van der Waals surface area contributed by atoms with Crippen molar-refractivity contribution in [2.24, 2.45) is 0 Å². The van der Waals surface area contributed by atoms with Crippen molar-refractivity contribution in [3.05, 3.63) is 33.4 Å². The molecule has 27 heavy (non-hydrogen) atoms. The maximum absolute atomic E-state index is 13.8. The quantitative estimate of drug-likeness (QED) is 0.463. The summed E-state index contributed by atoms with van der Waals surface area (Å²) in [6.45, 7) is 1.20. The van der Waals surface area contributed by atoms with Crippen molar-refractivity contribution in [1.29, 1.82) is 0 Å². The van der Waals surface area contributed by atoms with Crippen LogP contribution in [-0.2, 0) is 16.0 Å². The van der Waals surface area contributed by atoms with Crippen LogP contribution in [0.3, 0.4) is 0 Å². The van der Waals surface area contributed by atoms with E-state index >= 15 is 0 Å². The SMILES string of the molecule is CNc1c(S(=O)(=O)C(F)(Cl)Cl)c(C)nn1-c1c(Cl)cc(C(F)(F)F)cc1Cl. The molecule has 0 unspecified atom stereocenters. The summed E-state index contributed by atoms with van der Waals surface area (Å²) in [6.07, 6.45) is -4.71. The molecule has 0 amide bonds. The molecule has 0 atom stereocenters. The number of anilines is 1. The van der Waals surface area contributed by atoms with E-state index in [1.807, 2.05) is 0 Å². The average Bonchev–Trinajstić information content (AvgIpc) is 2.81. The van der Waals surface area contributed by atoms with Gasteiger partial charge in [-0.2, -0.15) is 22.7 Å². The van der Waals surface area contributed by atoms with Gasteiger partial charge >= 0.3 is 10.1 Å². The molecule has 0 saturated heterocycles. The Labute approximate surface area is 171 Å². The van der Waals surface area contributed by atoms with Gasteiger partial charge < -0.3 is 5.32 Å². The van der Waals surface area contributed by atoms with E-state index in [0.717, 1.165) is 4.68 Å². The fourth-order valence-electron chi connectivity index (χ4n) is 2.26. The van der Waals surface area contributed by atoms with E-state index in [1.165, 1.54) is 14.0 Å². The highest BCUT2D eigenvalue weighted by molar-refractivity contribution is 7.95. The number of hydrogen-bond acceptors (Lipinski definition) is 4. The molecular formula is C13H9Cl4F4N3O2S. The maximum atomic E-state index is 13.8. The zero-order valence-corrected chi connectivity index (χ0v) is 17.1. The zero-order chi connectivity index (χ0) is 20.9. The smallest absolute Gasteiger partial charge is 0.372 e. The number of nitrogens with zero attached hydrogens (tertiary/aromatic N) is 2. The Morgan fingerprint density at radius 3 is 1.96 bits per heavy atom. The minimum atomic E-state index is -4.94. The van der Waals surface area contributed by atoms with Crippen LogP contribution in [0, 0.1) is 6.92 Å². The number of hydrogen-bond donors (Lipinski definition) is 1. The van der Waals surface area contributed by atoms with Crippen LogP contribution >= 0.6 is 46.4 Å². The predicted octanol–water partition coefficient (Wildman–Crippen LogP) is 5.38. The third-order valence-electron chi connectivity index (χ3n) is 3.37. The van der Waals surface area contributed by atoms with Gasteiger partial charge in [-0.3, -0.25) is 0 Å². The summed E-state index contributed by atoms with van der Waals surface area (Å²) in [4.78, 5) is -0.704. The van der Waals surface area contributed by atoms with Crippen molar-refractivity contribution in [3.63, 3.8) is 0 Å². The topological polar surface area (TPSA) is 64.0 Å². The van der Waals surface area contributed by atoms with E-state index in [9.17, 15) is 26.0 Å². The van der Waals surface area contributed by atoms with E-state index in [0.29, 0.717) is 12.1 Å². The van der Waals surface area contributed by atoms with Gasteiger partial charge in [0.2, 0.25) is 9.84 Å². The Morgan fingerprint density at radius 2 is 1.59 bits per heavy atom. The number of nitrogens with one attached hydrogen (secondary N) is 1. The lowest BCUT2D eigenvalue weighted by Gasteiger charge is -2.15. The Kier molecular flexibility index (Phi) is 5.91. The van der Waals surface area contributed by atoms with Gasteiger partial charge in [0, 0.05) is 7.05 Å². The van der Waals surface area contributed by atoms with Gasteiger partial charge in [-0.15, -0.1) is 0 Å². The molecule has 0 fully saturated rings. The largest absolute Gasteiger partial charge is 0.416 e. The highest BCUT2D eigenvalue weighted by Crippen LogP contribution is 2.43. The van der Waals surface area contributed by atoms with Crippen molar-refractivity contribution >= 4 is 62.1 Å². The Hall–Kier alpha value is -0.940. The number of benzene rings is 1. The molecule has 1 heterocycles. The number of rotatable bonds is 4. The van der Waals surface area contributed by atoms with Crippen LogP contribution in [0.5, 0.6) is 0 Å². The Morgan fingerprint density at radius 1 is 1.11 bits per heavy atom. The van der Waals surface area contributed by atoms with Gasteiger partial charge in [0.1, 0.15) is 16.4 Å². The number of alkyl halides is 6. The molecular weight excluding hydrogens is 480 g/mol. The lowest BCUT2D eigenvalue weighted by molar-refractivity contribution is -0.137. The van der Waals surface area contributed by atoms with E-state index in [-0.39, 0.29) is 17.2 Å². The molecule has 0 aliphatic heterocycles. The Bertz CT molecular complexity index is 977. The number of halogens is 8. The van der Waals surface area contributed by atoms with Crippen molar-refractivity contribution in [1.82, 2.24) is 9.78 Å². The maximum Gasteiger partial charge on any atom is 0.416 e. The molecule has 2 rings (SSSR count). The molecule has 2 aromatic rings. The second-order valence-electron chi connectivity index (χ2n) is 5.16. The zero-order valence-electron chi connectivity index (χ0n) is 13.3. The van der Waals surface area contributed by atoms with Gasteiger partial charge in [-0.05, 0) is 42.3 Å². The second-order valence-corrected chi connectivity index (χ2v) is 9.64. The summed E-state index contributed by atoms with van der Waals surface area (Å²) in [5.74, 6) is -0.348. The van der Waals surface area contributed by atoms with Crippen LogP contribution in [0.2, 0.25) is 10.0 Å². The molecule has 1 N–H and O–H groups in total. The standard InChI is InChI=1S/C13H9Cl4F4N3O2S/c1-5-10(27(25,26)13(16,17)21)11(22-2)24(23-5)9-7(14)3-6(4-8(9)15)12(18,19)20/h3-4,22H,1-2H3. The minimum absolute atomic E-state index is 0.241. The molecule has 14 heteroatoms. The van der Waals surface area contributed by atoms with Gasteiger partial charge in [0.05, 0.1) is 21.3 Å². The van der Waals surface area contributed by atoms with Crippen molar-refractivity contribution < 1.29 is 26.0 Å². The molecule has 1 aromatic carbocycles. The van der Waals surface area contributed by atoms with Crippen molar-refractivity contribution in [2.45, 2.75) is 21.9 Å². The predicted molar refractivity (Wildman–Crippen MR) is 95.6 cm³/mol. The fourth-order valence-corrected chi connectivity index (χ4v) is 4.48. The van der Waals surface area contributed by atoms with Crippen LogP contribution in [0.1, 0.15) is 11.3 Å². The third-order valence-corrected chi connectivity index (χ3v) is 6.80. The van der Waals surface area contributed by atoms with Gasteiger partial charge in [0.25, 0.3) is 0 Å². The minimum Gasteiger partial charge on any atom is -0.372 e. The normalized spacial score (nSPS) is 13.1. The first kappa shape index (κ1) is 22.4. The summed E-state index contributed by atoms with van der Waals surface area (Å²) >= 11 is 22.1. The molecule has 0 aliphatic rings.